The summed E-state index contributed by atoms with van der Waals surface area (Å²) in [7, 11) is 0. The highest BCUT2D eigenvalue weighted by atomic mass is 32.5. The molecule has 136 valence electrons. The predicted octanol–water partition coefficient (Wildman–Crippen LogP) is 1.87. The van der Waals surface area contributed by atoms with Crippen LogP contribution in [0.2, 0.25) is 0 Å². The molecule has 0 radical (unpaired) electrons. The highest BCUT2D eigenvalue weighted by Gasteiger charge is 2.04. The van der Waals surface area contributed by atoms with Gasteiger partial charge in [0.05, 0.1) is 6.61 Å². The molecule has 0 aromatic carbocycles. The first-order chi connectivity index (χ1) is 10.8. The number of hydrogen-bond donors (Lipinski definition) is 3. The lowest BCUT2D eigenvalue weighted by Crippen LogP contribution is -2.31. The van der Waals surface area contributed by atoms with Gasteiger partial charge in [0, 0.05) is 38.3 Å². The van der Waals surface area contributed by atoms with E-state index in [1.165, 1.54) is 0 Å². The maximum absolute atomic E-state index is 11.6. The molecule has 0 aliphatic carbocycles. The largest absolute Gasteiger partial charge is 0.356 e. The van der Waals surface area contributed by atoms with Crippen LogP contribution in [0.5, 0.6) is 0 Å². The van der Waals surface area contributed by atoms with E-state index in [9.17, 15) is 14.5 Å². The minimum Gasteiger partial charge on any atom is -0.356 e. The Hall–Kier alpha value is -0.140. The van der Waals surface area contributed by atoms with Gasteiger partial charge < -0.3 is 20.1 Å². The summed E-state index contributed by atoms with van der Waals surface area (Å²) in [6.07, 6.45) is 6.52. The van der Waals surface area contributed by atoms with Gasteiger partial charge in [-0.2, -0.15) is 11.8 Å². The number of thioether (sulfide) groups is 1. The van der Waals surface area contributed by atoms with Gasteiger partial charge in [-0.3, -0.25) is 9.59 Å². The Labute approximate surface area is 148 Å². The summed E-state index contributed by atoms with van der Waals surface area (Å²) in [6, 6.07) is 0. The molecular formula is C14H29N2O4PS2. The molecule has 6 nitrogen and oxygen atoms in total. The number of hydrogen-bond acceptors (Lipinski definition) is 5. The van der Waals surface area contributed by atoms with Gasteiger partial charge in [0.2, 0.25) is 11.8 Å². The summed E-state index contributed by atoms with van der Waals surface area (Å²) < 4.78 is 5.14. The smallest absolute Gasteiger partial charge is 0.221 e. The molecule has 0 saturated carbocycles. The zero-order chi connectivity index (χ0) is 17.6. The molecule has 23 heavy (non-hydrogen) atoms. The third-order valence-corrected chi connectivity index (χ3v) is 4.52. The number of rotatable bonds is 14. The molecule has 0 bridgehead atoms. The lowest BCUT2D eigenvalue weighted by molar-refractivity contribution is -0.122. The molecule has 0 fully saturated rings. The second kappa shape index (κ2) is 14.2. The number of carbonyl (C=O) groups excluding carboxylic acids is 2. The molecule has 0 heterocycles. The molecule has 1 unspecified atom stereocenters. The average Bonchev–Trinajstić information content (AvgIpc) is 2.46. The van der Waals surface area contributed by atoms with Crippen molar-refractivity contribution < 1.29 is 19.0 Å². The van der Waals surface area contributed by atoms with Crippen molar-refractivity contribution in [3.8, 4) is 0 Å². The summed E-state index contributed by atoms with van der Waals surface area (Å²) in [6.45, 7) is 0.552. The van der Waals surface area contributed by atoms with Crippen molar-refractivity contribution in [2.75, 3.05) is 38.4 Å². The zero-order valence-corrected chi connectivity index (χ0v) is 16.5. The van der Waals surface area contributed by atoms with E-state index in [0.29, 0.717) is 32.5 Å². The molecule has 9 heteroatoms. The summed E-state index contributed by atoms with van der Waals surface area (Å²) in [5, 5.41) is 5.57. The van der Waals surface area contributed by atoms with Crippen molar-refractivity contribution in [3.05, 3.63) is 0 Å². The van der Waals surface area contributed by atoms with Crippen LogP contribution in [0.3, 0.4) is 0 Å². The van der Waals surface area contributed by atoms with E-state index in [1.54, 1.807) is 18.4 Å². The van der Waals surface area contributed by atoms with Gasteiger partial charge >= 0.3 is 0 Å². The fourth-order valence-corrected chi connectivity index (χ4v) is 2.81. The third kappa shape index (κ3) is 18.0. The summed E-state index contributed by atoms with van der Waals surface area (Å²) >= 11 is 6.40. The Kier molecular flexibility index (Phi) is 14.1. The molecule has 0 saturated heterocycles. The molecule has 0 rings (SSSR count). The molecule has 3 N–H and O–H groups in total. The zero-order valence-electron chi connectivity index (χ0n) is 14.0. The van der Waals surface area contributed by atoms with Crippen LogP contribution < -0.4 is 10.6 Å². The minimum atomic E-state index is -2.52. The predicted molar refractivity (Wildman–Crippen MR) is 100 cm³/mol. The van der Waals surface area contributed by atoms with Crippen LogP contribution in [0.4, 0.5) is 0 Å². The Morgan fingerprint density at radius 3 is 2.35 bits per heavy atom. The summed E-state index contributed by atoms with van der Waals surface area (Å²) in [4.78, 5) is 32.2. The molecule has 0 aromatic rings. The van der Waals surface area contributed by atoms with Crippen LogP contribution in [-0.2, 0) is 25.9 Å². The van der Waals surface area contributed by atoms with E-state index in [0.717, 1.165) is 31.4 Å². The molecule has 2 amide bonds. The van der Waals surface area contributed by atoms with Crippen molar-refractivity contribution in [1.82, 2.24) is 10.6 Å². The van der Waals surface area contributed by atoms with Crippen LogP contribution in [0.1, 0.15) is 38.5 Å². The fraction of sp³-hybridized carbons (Fsp3) is 0.857. The third-order valence-electron chi connectivity index (χ3n) is 2.93. The van der Waals surface area contributed by atoms with Crippen molar-refractivity contribution in [2.24, 2.45) is 0 Å². The van der Waals surface area contributed by atoms with Gasteiger partial charge in [-0.1, -0.05) is 12.8 Å². The molecular weight excluding hydrogens is 355 g/mol. The van der Waals surface area contributed by atoms with Crippen LogP contribution >= 0.6 is 18.3 Å². The van der Waals surface area contributed by atoms with Gasteiger partial charge in [-0.05, 0) is 30.9 Å². The monoisotopic (exact) mass is 384 g/mol. The first-order valence-corrected chi connectivity index (χ1v) is 12.3. The highest BCUT2D eigenvalue weighted by Crippen LogP contribution is 2.37. The molecule has 0 aromatic heterocycles. The Morgan fingerprint density at radius 2 is 1.70 bits per heavy atom. The van der Waals surface area contributed by atoms with Gasteiger partial charge in [-0.15, -0.1) is 0 Å². The molecule has 0 spiro atoms. The molecule has 1 atom stereocenters. The Bertz CT molecular complexity index is 391. The van der Waals surface area contributed by atoms with Crippen LogP contribution in [0.25, 0.3) is 0 Å². The van der Waals surface area contributed by atoms with Gasteiger partial charge in [-0.25, -0.2) is 0 Å². The van der Waals surface area contributed by atoms with Gasteiger partial charge in [0.25, 0.3) is 0 Å². The number of amides is 2. The maximum Gasteiger partial charge on any atom is 0.221 e. The van der Waals surface area contributed by atoms with E-state index >= 15 is 0 Å². The minimum absolute atomic E-state index is 0.00475. The van der Waals surface area contributed by atoms with Crippen LogP contribution in [-0.4, -0.2) is 55.1 Å². The normalized spacial score (nSPS) is 13.3. The molecule has 0 aliphatic rings. The van der Waals surface area contributed by atoms with Crippen LogP contribution in [0, 0.1) is 0 Å². The summed E-state index contributed by atoms with van der Waals surface area (Å²) in [5.41, 5.74) is 0. The van der Waals surface area contributed by atoms with Gasteiger partial charge in [0.15, 0.2) is 6.49 Å². The maximum atomic E-state index is 11.6. The van der Waals surface area contributed by atoms with Crippen LogP contribution in [0.15, 0.2) is 0 Å². The van der Waals surface area contributed by atoms with E-state index in [4.69, 9.17) is 16.3 Å². The first kappa shape index (κ1) is 22.9. The van der Waals surface area contributed by atoms with Crippen molar-refractivity contribution in [2.45, 2.75) is 38.5 Å². The lowest BCUT2D eigenvalue weighted by Gasteiger charge is -2.09. The van der Waals surface area contributed by atoms with E-state index in [1.807, 2.05) is 6.26 Å². The van der Waals surface area contributed by atoms with Gasteiger partial charge in [0.1, 0.15) is 0 Å². The van der Waals surface area contributed by atoms with Crippen molar-refractivity contribution in [1.29, 1.82) is 0 Å². The Morgan fingerprint density at radius 1 is 1.09 bits per heavy atom. The van der Waals surface area contributed by atoms with Crippen molar-refractivity contribution in [3.63, 3.8) is 0 Å². The quantitative estimate of drug-likeness (QED) is 0.313. The lowest BCUT2D eigenvalue weighted by atomic mass is 10.2. The fourth-order valence-electron chi connectivity index (χ4n) is 1.73. The average molecular weight is 385 g/mol. The second-order valence-corrected chi connectivity index (χ2v) is 10.1. The SMILES string of the molecule is CSCCC(=O)NCCC(=O)NCCCCCCOP(C)(O)=S. The molecule has 0 aliphatic heterocycles. The van der Waals surface area contributed by atoms with E-state index in [2.05, 4.69) is 10.6 Å². The van der Waals surface area contributed by atoms with Crippen molar-refractivity contribution >= 4 is 41.9 Å². The Balaban J connectivity index is 3.37. The number of carbonyl (C=O) groups is 2. The summed E-state index contributed by atoms with van der Waals surface area (Å²) in [5.74, 6) is 0.759. The number of nitrogens with one attached hydrogen (secondary N) is 2. The standard InChI is InChI=1S/C14H29N2O4PS2/c1-21(19,22)20-11-6-4-3-5-9-15-13(17)7-10-16-14(18)8-12-23-2/h3-12H2,1-2H3,(H,15,17)(H,16,18)(H,19,22). The van der Waals surface area contributed by atoms with E-state index in [-0.39, 0.29) is 11.8 Å². The first-order valence-electron chi connectivity index (χ1n) is 7.82. The van der Waals surface area contributed by atoms with E-state index < -0.39 is 6.49 Å². The number of unbranched alkanes of at least 4 members (excludes halogenated alkanes) is 3. The topological polar surface area (TPSA) is 87.7 Å². The second-order valence-electron chi connectivity index (χ2n) is 5.24. The highest BCUT2D eigenvalue weighted by molar-refractivity contribution is 8.09.